The molecule has 0 radical (unpaired) electrons. The number of hydrogen-bond donors (Lipinski definition) is 0. The van der Waals surface area contributed by atoms with Crippen LogP contribution in [0.15, 0.2) is 48.5 Å². The molecule has 2 aliphatic heterocycles. The molecule has 0 N–H and O–H groups in total. The van der Waals surface area contributed by atoms with Crippen LogP contribution in [0.25, 0.3) is 0 Å². The molecule has 2 saturated heterocycles. The Hall–Kier alpha value is -2.61. The molecule has 160 valence electrons. The van der Waals surface area contributed by atoms with Gasteiger partial charge in [-0.3, -0.25) is 9.69 Å². The lowest BCUT2D eigenvalue weighted by molar-refractivity contribution is -0.136. The summed E-state index contributed by atoms with van der Waals surface area (Å²) in [7, 11) is 3.31. The molecule has 2 fully saturated rings. The monoisotopic (exact) mass is 412 g/mol. The number of carbonyl (C=O) groups excluding carboxylic acids is 1. The zero-order valence-corrected chi connectivity index (χ0v) is 17.5. The van der Waals surface area contributed by atoms with Crippen LogP contribution in [0.2, 0.25) is 0 Å². The number of hydrogen-bond acceptors (Lipinski definition) is 6. The van der Waals surface area contributed by atoms with Crippen LogP contribution in [0.4, 0.5) is 5.69 Å². The number of ether oxygens (including phenoxy) is 4. The molecule has 30 heavy (non-hydrogen) atoms. The number of rotatable bonds is 5. The molecule has 0 aromatic heterocycles. The second-order valence-electron chi connectivity index (χ2n) is 7.73. The highest BCUT2D eigenvalue weighted by Gasteiger charge is 2.42. The topological polar surface area (TPSA) is 60.5 Å². The van der Waals surface area contributed by atoms with Crippen LogP contribution >= 0.6 is 0 Å². The Morgan fingerprint density at radius 1 is 1.07 bits per heavy atom. The van der Waals surface area contributed by atoms with Gasteiger partial charge in [-0.1, -0.05) is 24.3 Å². The van der Waals surface area contributed by atoms with Gasteiger partial charge in [-0.25, -0.2) is 0 Å². The number of benzene rings is 2. The van der Waals surface area contributed by atoms with Gasteiger partial charge < -0.3 is 23.8 Å². The van der Waals surface area contributed by atoms with Gasteiger partial charge in [-0.2, -0.15) is 0 Å². The zero-order valence-electron chi connectivity index (χ0n) is 17.5. The summed E-state index contributed by atoms with van der Waals surface area (Å²) in [6.07, 6.45) is 0. The van der Waals surface area contributed by atoms with Gasteiger partial charge in [0.05, 0.1) is 34.0 Å². The fraction of sp³-hybridized carbons (Fsp3) is 0.435. The highest BCUT2D eigenvalue weighted by molar-refractivity contribution is 5.94. The maximum Gasteiger partial charge on any atom is 0.253 e. The Labute approximate surface area is 177 Å². The molecule has 2 aromatic rings. The summed E-state index contributed by atoms with van der Waals surface area (Å²) in [6.45, 7) is 3.68. The molecular weight excluding hydrogens is 384 g/mol. The summed E-state index contributed by atoms with van der Waals surface area (Å²) >= 11 is 0. The molecule has 1 amide bonds. The molecule has 0 saturated carbocycles. The van der Waals surface area contributed by atoms with Crippen LogP contribution in [0, 0.1) is 0 Å². The van der Waals surface area contributed by atoms with Crippen molar-refractivity contribution in [3.8, 4) is 11.5 Å². The number of morpholine rings is 1. The average Bonchev–Trinajstić information content (AvgIpc) is 2.93. The van der Waals surface area contributed by atoms with Crippen LogP contribution in [0.5, 0.6) is 11.5 Å². The van der Waals surface area contributed by atoms with Crippen molar-refractivity contribution < 1.29 is 23.7 Å². The Morgan fingerprint density at radius 3 is 2.67 bits per heavy atom. The summed E-state index contributed by atoms with van der Waals surface area (Å²) in [6, 6.07) is 15.6. The molecule has 2 aromatic carbocycles. The minimum absolute atomic E-state index is 0.0457. The van der Waals surface area contributed by atoms with Gasteiger partial charge in [0.2, 0.25) is 0 Å². The Balaban J connectivity index is 1.53. The molecule has 2 heterocycles. The van der Waals surface area contributed by atoms with E-state index in [4.69, 9.17) is 18.9 Å². The first-order chi connectivity index (χ1) is 14.6. The third kappa shape index (κ3) is 4.43. The van der Waals surface area contributed by atoms with E-state index in [1.165, 1.54) is 0 Å². The largest absolute Gasteiger partial charge is 0.497 e. The van der Waals surface area contributed by atoms with Crippen molar-refractivity contribution in [2.24, 2.45) is 0 Å². The van der Waals surface area contributed by atoms with Gasteiger partial charge >= 0.3 is 0 Å². The predicted octanol–water partition coefficient (Wildman–Crippen LogP) is 2.34. The van der Waals surface area contributed by atoms with E-state index in [0.717, 1.165) is 35.8 Å². The number of amides is 1. The predicted molar refractivity (Wildman–Crippen MR) is 113 cm³/mol. The zero-order chi connectivity index (χ0) is 21.0. The van der Waals surface area contributed by atoms with Gasteiger partial charge in [0.15, 0.2) is 0 Å². The SMILES string of the molecule is COc1ccc(CN2CCOC3(COCC(=O)N(c4ccccc4)C3)C2)c(OC)c1. The molecule has 7 heteroatoms. The first kappa shape index (κ1) is 20.7. The van der Waals surface area contributed by atoms with Gasteiger partial charge in [0.1, 0.15) is 23.7 Å². The number of para-hydroxylation sites is 1. The van der Waals surface area contributed by atoms with E-state index in [1.807, 2.05) is 48.5 Å². The molecule has 4 rings (SSSR count). The third-order valence-corrected chi connectivity index (χ3v) is 5.62. The first-order valence-electron chi connectivity index (χ1n) is 10.1. The van der Waals surface area contributed by atoms with E-state index in [2.05, 4.69) is 4.90 Å². The Bertz CT molecular complexity index is 875. The van der Waals surface area contributed by atoms with Gasteiger partial charge in [-0.15, -0.1) is 0 Å². The smallest absolute Gasteiger partial charge is 0.253 e. The van der Waals surface area contributed by atoms with Crippen molar-refractivity contribution in [3.63, 3.8) is 0 Å². The lowest BCUT2D eigenvalue weighted by atomic mass is 10.0. The molecule has 0 bridgehead atoms. The molecule has 1 spiro atoms. The molecule has 7 nitrogen and oxygen atoms in total. The van der Waals surface area contributed by atoms with Crippen molar-refractivity contribution in [2.75, 3.05) is 58.6 Å². The molecule has 2 aliphatic rings. The lowest BCUT2D eigenvalue weighted by Gasteiger charge is -2.43. The van der Waals surface area contributed by atoms with Crippen molar-refractivity contribution in [3.05, 3.63) is 54.1 Å². The number of carbonyl (C=O) groups is 1. The van der Waals surface area contributed by atoms with E-state index >= 15 is 0 Å². The lowest BCUT2D eigenvalue weighted by Crippen LogP contribution is -2.59. The Kier molecular flexibility index (Phi) is 6.22. The highest BCUT2D eigenvalue weighted by Crippen LogP contribution is 2.30. The maximum atomic E-state index is 12.7. The molecule has 0 aliphatic carbocycles. The number of nitrogens with zero attached hydrogens (tertiary/aromatic N) is 2. The van der Waals surface area contributed by atoms with Crippen LogP contribution in [0.3, 0.4) is 0 Å². The second kappa shape index (κ2) is 9.04. The van der Waals surface area contributed by atoms with E-state index in [0.29, 0.717) is 26.3 Å². The van der Waals surface area contributed by atoms with Gasteiger partial charge in [0.25, 0.3) is 5.91 Å². The minimum atomic E-state index is -0.569. The quantitative estimate of drug-likeness (QED) is 0.751. The standard InChI is InChI=1S/C23H28N2O5/c1-27-20-9-8-18(21(12-20)28-2)13-24-10-11-30-23(15-24)16-25(22(26)14-29-17-23)19-6-4-3-5-7-19/h3-9,12H,10-11,13-17H2,1-2H3. The minimum Gasteiger partial charge on any atom is -0.497 e. The molecule has 1 unspecified atom stereocenters. The van der Waals surface area contributed by atoms with E-state index in [1.54, 1.807) is 19.1 Å². The van der Waals surface area contributed by atoms with Crippen LogP contribution in [0.1, 0.15) is 5.56 Å². The van der Waals surface area contributed by atoms with Crippen LogP contribution in [-0.2, 0) is 20.8 Å². The Morgan fingerprint density at radius 2 is 1.90 bits per heavy atom. The van der Waals surface area contributed by atoms with Gasteiger partial charge in [0, 0.05) is 37.0 Å². The van der Waals surface area contributed by atoms with Gasteiger partial charge in [-0.05, 0) is 18.2 Å². The third-order valence-electron chi connectivity index (χ3n) is 5.62. The van der Waals surface area contributed by atoms with Crippen molar-refractivity contribution >= 4 is 11.6 Å². The van der Waals surface area contributed by atoms with Crippen LogP contribution in [-0.4, -0.2) is 70.1 Å². The fourth-order valence-electron chi connectivity index (χ4n) is 4.13. The van der Waals surface area contributed by atoms with Crippen molar-refractivity contribution in [1.82, 2.24) is 4.90 Å². The normalized spacial score (nSPS) is 22.7. The summed E-state index contributed by atoms with van der Waals surface area (Å²) in [5.74, 6) is 1.52. The summed E-state index contributed by atoms with van der Waals surface area (Å²) < 4.78 is 22.8. The maximum absolute atomic E-state index is 12.7. The first-order valence-corrected chi connectivity index (χ1v) is 10.1. The average molecular weight is 412 g/mol. The summed E-state index contributed by atoms with van der Waals surface area (Å²) in [4.78, 5) is 16.8. The summed E-state index contributed by atoms with van der Waals surface area (Å²) in [5, 5.41) is 0. The molecule has 1 atom stereocenters. The van der Waals surface area contributed by atoms with E-state index in [-0.39, 0.29) is 12.5 Å². The van der Waals surface area contributed by atoms with Crippen LogP contribution < -0.4 is 14.4 Å². The number of methoxy groups -OCH3 is 2. The summed E-state index contributed by atoms with van der Waals surface area (Å²) in [5.41, 5.74) is 1.38. The van der Waals surface area contributed by atoms with E-state index in [9.17, 15) is 4.79 Å². The second-order valence-corrected chi connectivity index (χ2v) is 7.73. The van der Waals surface area contributed by atoms with E-state index < -0.39 is 5.60 Å². The van der Waals surface area contributed by atoms with Crippen molar-refractivity contribution in [2.45, 2.75) is 12.1 Å². The highest BCUT2D eigenvalue weighted by atomic mass is 16.5. The molecular formula is C23H28N2O5. The van der Waals surface area contributed by atoms with Crippen molar-refractivity contribution in [1.29, 1.82) is 0 Å². The number of anilines is 1. The fourth-order valence-corrected chi connectivity index (χ4v) is 4.13.